The molecule has 0 atom stereocenters. The van der Waals surface area contributed by atoms with Crippen molar-refractivity contribution in [2.75, 3.05) is 0 Å². The quantitative estimate of drug-likeness (QED) is 0.669. The molecule has 0 saturated carbocycles. The molecule has 2 aromatic rings. The Kier molecular flexibility index (Phi) is 3.60. The summed E-state index contributed by atoms with van der Waals surface area (Å²) in [5.41, 5.74) is 2.05. The second-order valence-electron chi connectivity index (χ2n) is 3.41. The van der Waals surface area contributed by atoms with Crippen LogP contribution in [-0.4, -0.2) is 0 Å². The Morgan fingerprint density at radius 3 is 2.59 bits per heavy atom. The Morgan fingerprint density at radius 1 is 1.12 bits per heavy atom. The first-order valence-corrected chi connectivity index (χ1v) is 6.36. The average molecular weight is 355 g/mol. The molecule has 4 heteroatoms. The Morgan fingerprint density at radius 2 is 1.88 bits per heavy atom. The molecular formula is C13H6Br2FN. The Labute approximate surface area is 115 Å². The first-order chi connectivity index (χ1) is 8.13. The number of benzene rings is 2. The first kappa shape index (κ1) is 12.3. The van der Waals surface area contributed by atoms with E-state index in [9.17, 15) is 4.39 Å². The van der Waals surface area contributed by atoms with Gasteiger partial charge in [-0.05, 0) is 45.8 Å². The molecule has 0 aliphatic rings. The number of hydrogen-bond acceptors (Lipinski definition) is 1. The largest absolute Gasteiger partial charge is 0.206 e. The molecule has 1 nitrogen and oxygen atoms in total. The van der Waals surface area contributed by atoms with Crippen LogP contribution in [-0.2, 0) is 0 Å². The molecule has 0 radical (unpaired) electrons. The average Bonchev–Trinajstić information content (AvgIpc) is 2.35. The van der Waals surface area contributed by atoms with Crippen molar-refractivity contribution in [2.45, 2.75) is 0 Å². The maximum atomic E-state index is 13.5. The molecular weight excluding hydrogens is 349 g/mol. The van der Waals surface area contributed by atoms with Crippen molar-refractivity contribution in [1.29, 1.82) is 5.26 Å². The molecule has 0 N–H and O–H groups in total. The van der Waals surface area contributed by atoms with Gasteiger partial charge in [0.25, 0.3) is 0 Å². The highest BCUT2D eigenvalue weighted by Gasteiger charge is 2.12. The summed E-state index contributed by atoms with van der Waals surface area (Å²) < 4.78 is 14.7. The standard InChI is InChI=1S/C13H6Br2FN/c14-10-4-5-11(16)13(15)12(10)9-3-1-2-8(6-9)7-17/h1-6H. The van der Waals surface area contributed by atoms with Crippen molar-refractivity contribution >= 4 is 31.9 Å². The van der Waals surface area contributed by atoms with Crippen molar-refractivity contribution in [1.82, 2.24) is 0 Å². The SMILES string of the molecule is N#Cc1cccc(-c2c(Br)ccc(F)c2Br)c1. The fourth-order valence-electron chi connectivity index (χ4n) is 1.54. The zero-order valence-electron chi connectivity index (χ0n) is 8.55. The van der Waals surface area contributed by atoms with Crippen LogP contribution in [0.4, 0.5) is 4.39 Å². The molecule has 0 saturated heterocycles. The summed E-state index contributed by atoms with van der Waals surface area (Å²) in [5.74, 6) is -0.328. The number of rotatable bonds is 1. The maximum absolute atomic E-state index is 13.5. The van der Waals surface area contributed by atoms with E-state index in [1.54, 1.807) is 24.3 Å². The topological polar surface area (TPSA) is 23.8 Å². The van der Waals surface area contributed by atoms with Crippen LogP contribution in [0.3, 0.4) is 0 Å². The molecule has 0 fully saturated rings. The molecule has 0 amide bonds. The van der Waals surface area contributed by atoms with E-state index in [4.69, 9.17) is 5.26 Å². The van der Waals surface area contributed by atoms with Crippen LogP contribution in [0.2, 0.25) is 0 Å². The van der Waals surface area contributed by atoms with Crippen LogP contribution >= 0.6 is 31.9 Å². The van der Waals surface area contributed by atoms with Gasteiger partial charge in [-0.2, -0.15) is 5.26 Å². The maximum Gasteiger partial charge on any atom is 0.138 e. The van der Waals surface area contributed by atoms with Crippen LogP contribution in [0.1, 0.15) is 5.56 Å². The van der Waals surface area contributed by atoms with E-state index in [0.29, 0.717) is 15.6 Å². The normalized spacial score (nSPS) is 10.0. The van der Waals surface area contributed by atoms with Crippen LogP contribution in [0, 0.1) is 17.1 Å². The first-order valence-electron chi connectivity index (χ1n) is 4.77. The second kappa shape index (κ2) is 4.99. The molecule has 0 spiro atoms. The number of nitrogens with zero attached hydrogens (tertiary/aromatic N) is 1. The summed E-state index contributed by atoms with van der Waals surface area (Å²) in [4.78, 5) is 0. The second-order valence-corrected chi connectivity index (χ2v) is 5.06. The van der Waals surface area contributed by atoms with Crippen LogP contribution in [0.15, 0.2) is 45.3 Å². The number of nitriles is 1. The van der Waals surface area contributed by atoms with Gasteiger partial charge in [-0.25, -0.2) is 4.39 Å². The van der Waals surface area contributed by atoms with Gasteiger partial charge in [0, 0.05) is 10.0 Å². The summed E-state index contributed by atoms with van der Waals surface area (Å²) in [6.07, 6.45) is 0. The Bertz CT molecular complexity index is 617. The van der Waals surface area contributed by atoms with E-state index in [-0.39, 0.29) is 5.82 Å². The summed E-state index contributed by atoms with van der Waals surface area (Å²) in [5, 5.41) is 8.85. The van der Waals surface area contributed by atoms with Gasteiger partial charge >= 0.3 is 0 Å². The molecule has 0 aliphatic carbocycles. The highest BCUT2D eigenvalue weighted by atomic mass is 79.9. The molecule has 2 rings (SSSR count). The van der Waals surface area contributed by atoms with Gasteiger partial charge in [-0.3, -0.25) is 0 Å². The molecule has 84 valence electrons. The molecule has 0 heterocycles. The van der Waals surface area contributed by atoms with E-state index < -0.39 is 0 Å². The minimum Gasteiger partial charge on any atom is -0.206 e. The van der Waals surface area contributed by atoms with E-state index in [1.165, 1.54) is 6.07 Å². The predicted molar refractivity (Wildman–Crippen MR) is 72.0 cm³/mol. The summed E-state index contributed by atoms with van der Waals surface area (Å²) >= 11 is 6.61. The van der Waals surface area contributed by atoms with Gasteiger partial charge in [-0.1, -0.05) is 28.1 Å². The summed E-state index contributed by atoms with van der Waals surface area (Å²) in [6, 6.07) is 12.1. The summed E-state index contributed by atoms with van der Waals surface area (Å²) in [6.45, 7) is 0. The minimum absolute atomic E-state index is 0.328. The lowest BCUT2D eigenvalue weighted by Gasteiger charge is -2.08. The third-order valence-corrected chi connectivity index (χ3v) is 3.76. The Hall–Kier alpha value is -1.18. The molecule has 0 aromatic heterocycles. The van der Waals surface area contributed by atoms with Gasteiger partial charge in [0.1, 0.15) is 5.82 Å². The zero-order valence-corrected chi connectivity index (χ0v) is 11.7. The smallest absolute Gasteiger partial charge is 0.138 e. The number of halogens is 3. The van der Waals surface area contributed by atoms with Gasteiger partial charge in [0.15, 0.2) is 0 Å². The third-order valence-electron chi connectivity index (χ3n) is 2.32. The van der Waals surface area contributed by atoms with Crippen molar-refractivity contribution in [3.8, 4) is 17.2 Å². The van der Waals surface area contributed by atoms with Gasteiger partial charge in [-0.15, -0.1) is 0 Å². The van der Waals surface area contributed by atoms with Crippen molar-refractivity contribution in [3.63, 3.8) is 0 Å². The van der Waals surface area contributed by atoms with E-state index in [2.05, 4.69) is 37.9 Å². The van der Waals surface area contributed by atoms with E-state index >= 15 is 0 Å². The van der Waals surface area contributed by atoms with E-state index in [1.807, 2.05) is 6.07 Å². The summed E-state index contributed by atoms with van der Waals surface area (Å²) in [7, 11) is 0. The fraction of sp³-hybridized carbons (Fsp3) is 0. The van der Waals surface area contributed by atoms with Crippen LogP contribution < -0.4 is 0 Å². The monoisotopic (exact) mass is 353 g/mol. The molecule has 0 aliphatic heterocycles. The minimum atomic E-state index is -0.328. The lowest BCUT2D eigenvalue weighted by atomic mass is 10.0. The van der Waals surface area contributed by atoms with Gasteiger partial charge < -0.3 is 0 Å². The predicted octanol–water partition coefficient (Wildman–Crippen LogP) is 4.89. The van der Waals surface area contributed by atoms with E-state index in [0.717, 1.165) is 10.0 Å². The van der Waals surface area contributed by atoms with Crippen molar-refractivity contribution < 1.29 is 4.39 Å². The Balaban J connectivity index is 2.68. The highest BCUT2D eigenvalue weighted by molar-refractivity contribution is 9.11. The van der Waals surface area contributed by atoms with Gasteiger partial charge in [0.2, 0.25) is 0 Å². The third kappa shape index (κ3) is 2.41. The highest BCUT2D eigenvalue weighted by Crippen LogP contribution is 2.36. The molecule has 0 unspecified atom stereocenters. The number of hydrogen-bond donors (Lipinski definition) is 0. The molecule has 2 aromatic carbocycles. The van der Waals surface area contributed by atoms with Crippen LogP contribution in [0.5, 0.6) is 0 Å². The van der Waals surface area contributed by atoms with Crippen molar-refractivity contribution in [3.05, 3.63) is 56.7 Å². The van der Waals surface area contributed by atoms with Crippen LogP contribution in [0.25, 0.3) is 11.1 Å². The molecule has 17 heavy (non-hydrogen) atoms. The lowest BCUT2D eigenvalue weighted by Crippen LogP contribution is -1.87. The van der Waals surface area contributed by atoms with Gasteiger partial charge in [0.05, 0.1) is 16.1 Å². The lowest BCUT2D eigenvalue weighted by molar-refractivity contribution is 0.621. The van der Waals surface area contributed by atoms with Crippen molar-refractivity contribution in [2.24, 2.45) is 0 Å². The molecule has 0 bridgehead atoms. The zero-order chi connectivity index (χ0) is 12.4. The fourth-order valence-corrected chi connectivity index (χ4v) is 2.94.